The summed E-state index contributed by atoms with van der Waals surface area (Å²) in [7, 11) is -7.17. The van der Waals surface area contributed by atoms with E-state index in [-0.39, 0.29) is 5.48 Å². The average Bonchev–Trinajstić information content (AvgIpc) is 1.98. The Morgan fingerprint density at radius 3 is 1.17 bits per heavy atom. The Labute approximate surface area is 92.4 Å². The maximum absolute atomic E-state index is 12.2. The molecule has 0 bridgehead atoms. The smallest absolute Gasteiger partial charge is 0.412 e. The van der Waals surface area contributed by atoms with Gasteiger partial charge in [-0.2, -0.15) is 47.9 Å². The molecule has 0 aliphatic rings. The molecule has 0 radical (unpaired) electrons. The third kappa shape index (κ3) is 2.49. The van der Waals surface area contributed by atoms with Crippen molar-refractivity contribution in [2.24, 2.45) is 0 Å². The molecule has 0 saturated heterocycles. The Kier molecular flexibility index (Phi) is 4.80. The molecule has 0 aromatic rings. The minimum atomic E-state index is -7.37. The summed E-state index contributed by atoms with van der Waals surface area (Å²) in [4.78, 5) is 0. The first-order valence-electron chi connectivity index (χ1n) is 3.17. The van der Waals surface area contributed by atoms with Gasteiger partial charge in [-0.1, -0.05) is 0 Å². The molecule has 0 aliphatic carbocycles. The van der Waals surface area contributed by atoms with Crippen LogP contribution in [-0.4, -0.2) is 41.7 Å². The van der Waals surface area contributed by atoms with Crippen LogP contribution in [0.25, 0.3) is 0 Å². The fourth-order valence-corrected chi connectivity index (χ4v) is 0.975. The van der Waals surface area contributed by atoms with Gasteiger partial charge >= 0.3 is 33.4 Å². The molecule has 4 nitrogen and oxygen atoms in total. The molecule has 0 fully saturated rings. The van der Waals surface area contributed by atoms with Gasteiger partial charge in [0.2, 0.25) is 0 Å². The van der Waals surface area contributed by atoms with Crippen molar-refractivity contribution in [2.45, 2.75) is 23.3 Å². The maximum Gasteiger partial charge on any atom is 0.460 e. The Morgan fingerprint density at radius 1 is 0.722 bits per heavy atom. The van der Waals surface area contributed by atoms with Crippen molar-refractivity contribution in [3.8, 4) is 0 Å². The second kappa shape index (κ2) is 4.41. The predicted molar refractivity (Wildman–Crippen MR) is 36.1 cm³/mol. The van der Waals surface area contributed by atoms with E-state index in [0.717, 1.165) is 0 Å². The summed E-state index contributed by atoms with van der Waals surface area (Å²) in [6.45, 7) is 0. The van der Waals surface area contributed by atoms with E-state index in [1.807, 2.05) is 0 Å². The summed E-state index contributed by atoms with van der Waals surface area (Å²) in [6.07, 6.45) is -7.13. The Balaban J connectivity index is 0. The van der Waals surface area contributed by atoms with E-state index < -0.39 is 33.4 Å². The quantitative estimate of drug-likeness (QED) is 0.631. The topological polar surface area (TPSA) is 85.9 Å². The molecule has 0 atom stereocenters. The number of rotatable bonds is 3. The van der Waals surface area contributed by atoms with Gasteiger partial charge in [-0.25, -0.2) is 0 Å². The zero-order valence-corrected chi connectivity index (χ0v) is 8.39. The highest BCUT2D eigenvalue weighted by Gasteiger charge is 2.85. The van der Waals surface area contributed by atoms with Crippen LogP contribution in [0, 0.1) is 0 Å². The molecule has 0 aromatic heterocycles. The molecular formula is C4H3F9O4S. The van der Waals surface area contributed by atoms with Crippen molar-refractivity contribution < 1.29 is 58.0 Å². The fraction of sp³-hybridized carbons (Fsp3) is 1.00. The number of alkyl halides is 9. The van der Waals surface area contributed by atoms with Crippen molar-refractivity contribution in [1.82, 2.24) is 0 Å². The number of halogens is 9. The summed E-state index contributed by atoms with van der Waals surface area (Å²) < 4.78 is 134. The van der Waals surface area contributed by atoms with Crippen molar-refractivity contribution in [1.29, 1.82) is 0 Å². The van der Waals surface area contributed by atoms with Gasteiger partial charge < -0.3 is 5.48 Å². The fourth-order valence-electron chi connectivity index (χ4n) is 0.523. The Hall–Kier alpha value is -0.760. The highest BCUT2D eigenvalue weighted by molar-refractivity contribution is 7.87. The average molecular weight is 318 g/mol. The molecule has 0 unspecified atom stereocenters. The molecule has 0 amide bonds. The van der Waals surface area contributed by atoms with E-state index in [1.165, 1.54) is 0 Å². The van der Waals surface area contributed by atoms with E-state index in [1.54, 1.807) is 0 Å². The summed E-state index contributed by atoms with van der Waals surface area (Å²) in [5.74, 6) is -14.7. The molecule has 112 valence electrons. The van der Waals surface area contributed by atoms with Crippen LogP contribution in [0.15, 0.2) is 0 Å². The van der Waals surface area contributed by atoms with Crippen LogP contribution in [-0.2, 0) is 10.1 Å². The maximum atomic E-state index is 12.2. The lowest BCUT2D eigenvalue weighted by Crippen LogP contribution is -2.63. The Morgan fingerprint density at radius 2 is 1.00 bits per heavy atom. The number of hydrogen-bond acceptors (Lipinski definition) is 2. The number of hydrogen-bond donors (Lipinski definition) is 1. The normalized spacial score (nSPS) is 15.2. The molecule has 0 saturated carbocycles. The van der Waals surface area contributed by atoms with Crippen molar-refractivity contribution in [2.75, 3.05) is 0 Å². The highest BCUT2D eigenvalue weighted by Crippen LogP contribution is 2.54. The molecule has 0 spiro atoms. The molecule has 3 N–H and O–H groups in total. The van der Waals surface area contributed by atoms with Gasteiger partial charge in [0.25, 0.3) is 0 Å². The summed E-state index contributed by atoms with van der Waals surface area (Å²) >= 11 is 0. The first kappa shape index (κ1) is 19.6. The van der Waals surface area contributed by atoms with Crippen LogP contribution in [0.5, 0.6) is 0 Å². The largest absolute Gasteiger partial charge is 0.460 e. The molecule has 0 aromatic carbocycles. The third-order valence-electron chi connectivity index (χ3n) is 1.44. The van der Waals surface area contributed by atoms with Crippen LogP contribution in [0.1, 0.15) is 0 Å². The van der Waals surface area contributed by atoms with Gasteiger partial charge in [0.15, 0.2) is 0 Å². The van der Waals surface area contributed by atoms with E-state index in [2.05, 4.69) is 0 Å². The monoisotopic (exact) mass is 318 g/mol. The first-order valence-corrected chi connectivity index (χ1v) is 4.61. The lowest BCUT2D eigenvalue weighted by atomic mass is 10.1. The second-order valence-corrected chi connectivity index (χ2v) is 4.10. The van der Waals surface area contributed by atoms with Crippen molar-refractivity contribution in [3.63, 3.8) is 0 Å². The van der Waals surface area contributed by atoms with Gasteiger partial charge in [0.05, 0.1) is 0 Å². The lowest BCUT2D eigenvalue weighted by molar-refractivity contribution is -0.382. The molecule has 0 rings (SSSR count). The van der Waals surface area contributed by atoms with Crippen LogP contribution in [0.3, 0.4) is 0 Å². The van der Waals surface area contributed by atoms with Crippen LogP contribution in [0.4, 0.5) is 39.5 Å². The summed E-state index contributed by atoms with van der Waals surface area (Å²) in [5.41, 5.74) is 0. The van der Waals surface area contributed by atoms with Crippen molar-refractivity contribution in [3.05, 3.63) is 0 Å². The standard InChI is InChI=1S/C4HF9O3S.H2O/c5-1(6,3(9,10)11)2(7,8)4(12,13)17(14,15)16;/h(H,14,15,16);1H2. The van der Waals surface area contributed by atoms with Crippen LogP contribution < -0.4 is 0 Å². The summed E-state index contributed by atoms with van der Waals surface area (Å²) in [5, 5.41) is -7.00. The van der Waals surface area contributed by atoms with Gasteiger partial charge in [-0.05, 0) is 0 Å². The van der Waals surface area contributed by atoms with E-state index in [9.17, 15) is 47.9 Å². The SMILES string of the molecule is O.O=S(=O)(O)C(F)(F)C(F)(F)C(F)(F)C(F)(F)F. The zero-order chi connectivity index (χ0) is 14.5. The first-order chi connectivity index (χ1) is 7.00. The highest BCUT2D eigenvalue weighted by atomic mass is 32.2. The van der Waals surface area contributed by atoms with E-state index >= 15 is 0 Å². The summed E-state index contributed by atoms with van der Waals surface area (Å²) in [6, 6.07) is 0. The van der Waals surface area contributed by atoms with Crippen molar-refractivity contribution >= 4 is 10.1 Å². The van der Waals surface area contributed by atoms with Gasteiger partial charge in [-0.15, -0.1) is 0 Å². The minimum absolute atomic E-state index is 0. The lowest BCUT2D eigenvalue weighted by Gasteiger charge is -2.31. The molecule has 0 heterocycles. The molecule has 18 heavy (non-hydrogen) atoms. The van der Waals surface area contributed by atoms with Gasteiger partial charge in [0.1, 0.15) is 0 Å². The van der Waals surface area contributed by atoms with Gasteiger partial charge in [-0.3, -0.25) is 4.55 Å². The Bertz CT molecular complexity index is 395. The van der Waals surface area contributed by atoms with Gasteiger partial charge in [0, 0.05) is 0 Å². The zero-order valence-electron chi connectivity index (χ0n) is 7.57. The van der Waals surface area contributed by atoms with E-state index in [4.69, 9.17) is 4.55 Å². The molecule has 0 aliphatic heterocycles. The van der Waals surface area contributed by atoms with Crippen LogP contribution >= 0.6 is 0 Å². The van der Waals surface area contributed by atoms with E-state index in [0.29, 0.717) is 0 Å². The minimum Gasteiger partial charge on any atom is -0.412 e. The molecule has 14 heteroatoms. The third-order valence-corrected chi connectivity index (χ3v) is 2.34. The van der Waals surface area contributed by atoms with Crippen LogP contribution in [0.2, 0.25) is 0 Å². The predicted octanol–water partition coefficient (Wildman–Crippen LogP) is 1.48. The molecular weight excluding hydrogens is 315 g/mol. The second-order valence-electron chi connectivity index (χ2n) is 2.64.